The van der Waals surface area contributed by atoms with Crippen LogP contribution in [0.2, 0.25) is 0 Å². The predicted molar refractivity (Wildman–Crippen MR) is 60.1 cm³/mol. The summed E-state index contributed by atoms with van der Waals surface area (Å²) in [6.45, 7) is 6.37. The van der Waals surface area contributed by atoms with Crippen LogP contribution in [0.15, 0.2) is 5.11 Å². The van der Waals surface area contributed by atoms with E-state index in [1.807, 2.05) is 0 Å². The Morgan fingerprint density at radius 3 is 2.06 bits per heavy atom. The molecule has 0 aliphatic rings. The van der Waals surface area contributed by atoms with Crippen molar-refractivity contribution in [3.63, 3.8) is 0 Å². The zero-order chi connectivity index (χ0) is 12.8. The standard InChI is InChI=1S/C8H18N3O4P/c1-6(2)14-16(13,15-7(3)4)8(12)5-10-11-9/h6-8,12H,5H2,1-4H3/t8-/m1/s1. The number of rotatable bonds is 7. The first-order valence-electron chi connectivity index (χ1n) is 4.97. The number of hydrogen-bond acceptors (Lipinski definition) is 5. The van der Waals surface area contributed by atoms with Crippen molar-refractivity contribution >= 4 is 7.60 Å². The Hall–Kier alpha value is -0.580. The van der Waals surface area contributed by atoms with Gasteiger partial charge in [-0.1, -0.05) is 5.11 Å². The van der Waals surface area contributed by atoms with Crippen LogP contribution < -0.4 is 0 Å². The molecule has 16 heavy (non-hydrogen) atoms. The lowest BCUT2D eigenvalue weighted by Gasteiger charge is -2.25. The van der Waals surface area contributed by atoms with Crippen molar-refractivity contribution in [1.29, 1.82) is 0 Å². The molecule has 0 aliphatic heterocycles. The molecule has 0 aromatic rings. The number of aliphatic hydroxyl groups is 1. The van der Waals surface area contributed by atoms with Gasteiger partial charge in [-0.2, -0.15) is 0 Å². The van der Waals surface area contributed by atoms with E-state index in [0.717, 1.165) is 0 Å². The van der Waals surface area contributed by atoms with Gasteiger partial charge in [-0.25, -0.2) is 0 Å². The maximum absolute atomic E-state index is 12.2. The first-order chi connectivity index (χ1) is 7.31. The highest BCUT2D eigenvalue weighted by molar-refractivity contribution is 7.54. The van der Waals surface area contributed by atoms with Gasteiger partial charge in [0.15, 0.2) is 5.85 Å². The molecule has 0 fully saturated rings. The van der Waals surface area contributed by atoms with E-state index in [4.69, 9.17) is 14.6 Å². The third-order valence-corrected chi connectivity index (χ3v) is 3.71. The molecule has 0 heterocycles. The number of nitrogens with zero attached hydrogens (tertiary/aromatic N) is 3. The number of hydrogen-bond donors (Lipinski definition) is 1. The Bertz CT molecular complexity index is 288. The van der Waals surface area contributed by atoms with Crippen LogP contribution in [0.4, 0.5) is 0 Å². The zero-order valence-corrected chi connectivity index (χ0v) is 10.8. The van der Waals surface area contributed by atoms with Crippen molar-refractivity contribution in [3.05, 3.63) is 10.4 Å². The summed E-state index contributed by atoms with van der Waals surface area (Å²) in [6, 6.07) is 0. The second-order valence-electron chi connectivity index (χ2n) is 3.74. The molecule has 1 N–H and O–H groups in total. The molecule has 8 heteroatoms. The molecule has 0 aliphatic carbocycles. The van der Waals surface area contributed by atoms with Gasteiger partial charge in [-0.05, 0) is 33.2 Å². The van der Waals surface area contributed by atoms with Gasteiger partial charge in [0.05, 0.1) is 18.8 Å². The van der Waals surface area contributed by atoms with Crippen LogP contribution in [-0.2, 0) is 13.6 Å². The molecular weight excluding hydrogens is 233 g/mol. The van der Waals surface area contributed by atoms with Gasteiger partial charge in [0, 0.05) is 4.91 Å². The minimum absolute atomic E-state index is 0.340. The summed E-state index contributed by atoms with van der Waals surface area (Å²) in [5, 5.41) is 12.8. The molecule has 0 aromatic carbocycles. The maximum Gasteiger partial charge on any atom is 0.359 e. The summed E-state index contributed by atoms with van der Waals surface area (Å²) in [4.78, 5) is 2.48. The van der Waals surface area contributed by atoms with E-state index in [9.17, 15) is 9.67 Å². The normalized spacial score (nSPS) is 13.9. The van der Waals surface area contributed by atoms with Gasteiger partial charge in [-0.3, -0.25) is 4.57 Å². The van der Waals surface area contributed by atoms with Crippen molar-refractivity contribution in [2.24, 2.45) is 5.11 Å². The largest absolute Gasteiger partial charge is 0.380 e. The molecule has 0 amide bonds. The molecule has 1 atom stereocenters. The van der Waals surface area contributed by atoms with Gasteiger partial charge in [0.2, 0.25) is 0 Å². The second kappa shape index (κ2) is 6.89. The Morgan fingerprint density at radius 1 is 1.31 bits per heavy atom. The Kier molecular flexibility index (Phi) is 6.64. The van der Waals surface area contributed by atoms with Crippen molar-refractivity contribution < 1.29 is 18.7 Å². The predicted octanol–water partition coefficient (Wildman–Crippen LogP) is 2.66. The molecule has 0 aromatic heterocycles. The van der Waals surface area contributed by atoms with Gasteiger partial charge in [0.1, 0.15) is 0 Å². The van der Waals surface area contributed by atoms with Gasteiger partial charge in [0.25, 0.3) is 0 Å². The summed E-state index contributed by atoms with van der Waals surface area (Å²) < 4.78 is 22.4. The summed E-state index contributed by atoms with van der Waals surface area (Å²) in [5.41, 5.74) is 8.12. The van der Waals surface area contributed by atoms with E-state index in [0.29, 0.717) is 0 Å². The van der Waals surface area contributed by atoms with Crippen molar-refractivity contribution in [1.82, 2.24) is 0 Å². The fraction of sp³-hybridized carbons (Fsp3) is 1.00. The monoisotopic (exact) mass is 251 g/mol. The van der Waals surface area contributed by atoms with E-state index in [-0.39, 0.29) is 18.8 Å². The third kappa shape index (κ3) is 5.49. The summed E-state index contributed by atoms with van der Waals surface area (Å²) in [7, 11) is -3.66. The SMILES string of the molecule is CC(C)OP(=O)(OC(C)C)[C@@H](O)CN=[N+]=[N-]. The lowest BCUT2D eigenvalue weighted by molar-refractivity contribution is 0.103. The molecule has 0 rings (SSSR count). The Labute approximate surface area is 94.9 Å². The molecule has 7 nitrogen and oxygen atoms in total. The highest BCUT2D eigenvalue weighted by atomic mass is 31.2. The fourth-order valence-electron chi connectivity index (χ4n) is 0.963. The highest BCUT2D eigenvalue weighted by Crippen LogP contribution is 2.54. The van der Waals surface area contributed by atoms with Crippen molar-refractivity contribution in [2.75, 3.05) is 6.54 Å². The average Bonchev–Trinajstić information content (AvgIpc) is 2.11. The first-order valence-corrected chi connectivity index (χ1v) is 6.58. The quantitative estimate of drug-likeness (QED) is 0.325. The van der Waals surface area contributed by atoms with E-state index < -0.39 is 13.4 Å². The molecule has 0 unspecified atom stereocenters. The molecule has 0 radical (unpaired) electrons. The van der Waals surface area contributed by atoms with E-state index in [1.54, 1.807) is 27.7 Å². The minimum Gasteiger partial charge on any atom is -0.380 e. The second-order valence-corrected chi connectivity index (χ2v) is 5.84. The van der Waals surface area contributed by atoms with E-state index >= 15 is 0 Å². The van der Waals surface area contributed by atoms with Gasteiger partial charge < -0.3 is 14.2 Å². The van der Waals surface area contributed by atoms with Crippen LogP contribution in [0.3, 0.4) is 0 Å². The molecule has 94 valence electrons. The lowest BCUT2D eigenvalue weighted by Crippen LogP contribution is -2.20. The first kappa shape index (κ1) is 15.4. The fourth-order valence-corrected chi connectivity index (χ4v) is 2.74. The van der Waals surface area contributed by atoms with Crippen molar-refractivity contribution in [3.8, 4) is 0 Å². The van der Waals surface area contributed by atoms with Crippen molar-refractivity contribution in [2.45, 2.75) is 45.7 Å². The van der Waals surface area contributed by atoms with Crippen LogP contribution in [0.25, 0.3) is 10.4 Å². The minimum atomic E-state index is -3.66. The molecular formula is C8H18N3O4P. The summed E-state index contributed by atoms with van der Waals surface area (Å²) in [5.74, 6) is -1.44. The Balaban J connectivity index is 4.75. The smallest absolute Gasteiger partial charge is 0.359 e. The van der Waals surface area contributed by atoms with Gasteiger partial charge in [-0.15, -0.1) is 0 Å². The molecule has 0 spiro atoms. The third-order valence-electron chi connectivity index (χ3n) is 1.39. The number of azide groups is 1. The van der Waals surface area contributed by atoms with Crippen LogP contribution in [0.5, 0.6) is 0 Å². The molecule has 0 saturated heterocycles. The summed E-state index contributed by atoms with van der Waals surface area (Å²) >= 11 is 0. The lowest BCUT2D eigenvalue weighted by atomic mass is 10.5. The van der Waals surface area contributed by atoms with Crippen LogP contribution in [0.1, 0.15) is 27.7 Å². The topological polar surface area (TPSA) is 105 Å². The maximum atomic E-state index is 12.2. The number of aliphatic hydroxyl groups excluding tert-OH is 1. The molecule has 0 bridgehead atoms. The molecule has 0 saturated carbocycles. The average molecular weight is 251 g/mol. The highest BCUT2D eigenvalue weighted by Gasteiger charge is 2.36. The van der Waals surface area contributed by atoms with E-state index in [1.165, 1.54) is 0 Å². The van der Waals surface area contributed by atoms with Crippen LogP contribution in [0, 0.1) is 0 Å². The van der Waals surface area contributed by atoms with E-state index in [2.05, 4.69) is 10.0 Å². The van der Waals surface area contributed by atoms with Gasteiger partial charge >= 0.3 is 7.60 Å². The van der Waals surface area contributed by atoms with Crippen LogP contribution in [-0.4, -0.2) is 29.7 Å². The van der Waals surface area contributed by atoms with Crippen LogP contribution >= 0.6 is 7.60 Å². The Morgan fingerprint density at radius 2 is 1.75 bits per heavy atom. The zero-order valence-electron chi connectivity index (χ0n) is 9.90. The summed E-state index contributed by atoms with van der Waals surface area (Å²) in [6.07, 6.45) is -0.712.